The van der Waals surface area contributed by atoms with Crippen LogP contribution in [-0.2, 0) is 22.7 Å². The summed E-state index contributed by atoms with van der Waals surface area (Å²) in [6, 6.07) is 22.6. The standard InChI is InChI=1S/C33H36N4O6/c1-41-29-19-28-27(32(39)37(22-36-28)20-23-8-4-2-5-9-23)18-30(29)43-26-14-12-25(13-15-26)31(38)34-16-17-35-33(40)42-21-24-10-6-3-7-11-24/h2-11,18-19,22,25-26H,12-17,20-21H2,1H3,(H,34,38)(H,35,40)/t25-,26+. The van der Waals surface area contributed by atoms with Gasteiger partial charge in [0.15, 0.2) is 11.5 Å². The molecule has 224 valence electrons. The minimum absolute atomic E-state index is 0.0359. The van der Waals surface area contributed by atoms with Gasteiger partial charge in [-0.25, -0.2) is 9.78 Å². The zero-order chi connectivity index (χ0) is 30.0. The van der Waals surface area contributed by atoms with Gasteiger partial charge >= 0.3 is 6.09 Å². The van der Waals surface area contributed by atoms with Crippen LogP contribution in [0.2, 0.25) is 0 Å². The lowest BCUT2D eigenvalue weighted by atomic mass is 9.86. The summed E-state index contributed by atoms with van der Waals surface area (Å²) >= 11 is 0. The summed E-state index contributed by atoms with van der Waals surface area (Å²) in [5.41, 5.74) is 2.30. The molecule has 3 aromatic carbocycles. The lowest BCUT2D eigenvalue weighted by molar-refractivity contribution is -0.126. The number of ether oxygens (including phenoxy) is 3. The van der Waals surface area contributed by atoms with Gasteiger partial charge in [0.2, 0.25) is 5.91 Å². The van der Waals surface area contributed by atoms with Crippen LogP contribution < -0.4 is 25.7 Å². The molecule has 1 aliphatic carbocycles. The third-order valence-electron chi connectivity index (χ3n) is 7.55. The van der Waals surface area contributed by atoms with Gasteiger partial charge < -0.3 is 24.8 Å². The number of hydrogen-bond acceptors (Lipinski definition) is 7. The SMILES string of the molecule is COc1cc2ncn(Cc3ccccc3)c(=O)c2cc1O[C@H]1CC[C@@H](C(=O)NCCNC(=O)OCc2ccccc2)CC1. The zero-order valence-electron chi connectivity index (χ0n) is 24.2. The normalized spacial score (nSPS) is 16.3. The summed E-state index contributed by atoms with van der Waals surface area (Å²) < 4.78 is 18.6. The van der Waals surface area contributed by atoms with Gasteiger partial charge in [0.25, 0.3) is 5.56 Å². The molecule has 0 radical (unpaired) electrons. The highest BCUT2D eigenvalue weighted by Gasteiger charge is 2.28. The number of methoxy groups -OCH3 is 1. The Morgan fingerprint density at radius 1 is 0.884 bits per heavy atom. The fourth-order valence-corrected chi connectivity index (χ4v) is 5.20. The molecule has 1 aromatic heterocycles. The number of alkyl carbamates (subject to hydrolysis) is 1. The van der Waals surface area contributed by atoms with Crippen molar-refractivity contribution in [3.63, 3.8) is 0 Å². The summed E-state index contributed by atoms with van der Waals surface area (Å²) in [5, 5.41) is 6.01. The second-order valence-electron chi connectivity index (χ2n) is 10.6. The maximum absolute atomic E-state index is 13.3. The van der Waals surface area contributed by atoms with Crippen LogP contribution in [0.3, 0.4) is 0 Å². The first-order valence-corrected chi connectivity index (χ1v) is 14.5. The molecule has 10 heteroatoms. The maximum atomic E-state index is 13.3. The number of aromatic nitrogens is 2. The first kappa shape index (κ1) is 29.6. The lowest BCUT2D eigenvalue weighted by Gasteiger charge is -2.28. The topological polar surface area (TPSA) is 121 Å². The van der Waals surface area contributed by atoms with Gasteiger partial charge in [-0.3, -0.25) is 14.2 Å². The average Bonchev–Trinajstić information content (AvgIpc) is 3.04. The number of fused-ring (bicyclic) bond motifs is 1. The first-order valence-electron chi connectivity index (χ1n) is 14.5. The molecule has 0 unspecified atom stereocenters. The predicted octanol–water partition coefficient (Wildman–Crippen LogP) is 4.43. The Labute approximate surface area is 250 Å². The van der Waals surface area contributed by atoms with Crippen molar-refractivity contribution in [1.29, 1.82) is 0 Å². The van der Waals surface area contributed by atoms with E-state index in [2.05, 4.69) is 15.6 Å². The molecule has 1 aliphatic rings. The Hall–Kier alpha value is -4.86. The van der Waals surface area contributed by atoms with E-state index in [9.17, 15) is 14.4 Å². The highest BCUT2D eigenvalue weighted by molar-refractivity contribution is 5.82. The van der Waals surface area contributed by atoms with Crippen LogP contribution in [0.1, 0.15) is 36.8 Å². The van der Waals surface area contributed by atoms with Crippen molar-refractivity contribution in [3.05, 3.63) is 101 Å². The van der Waals surface area contributed by atoms with Crippen molar-refractivity contribution in [2.24, 2.45) is 5.92 Å². The Kier molecular flexibility index (Phi) is 9.89. The van der Waals surface area contributed by atoms with E-state index in [0.717, 1.165) is 11.1 Å². The number of hydrogen-bond donors (Lipinski definition) is 2. The molecule has 43 heavy (non-hydrogen) atoms. The molecule has 0 bridgehead atoms. The van der Waals surface area contributed by atoms with Gasteiger partial charge in [0.05, 0.1) is 37.0 Å². The van der Waals surface area contributed by atoms with Crippen LogP contribution in [0.4, 0.5) is 4.79 Å². The second-order valence-corrected chi connectivity index (χ2v) is 10.6. The molecule has 5 rings (SSSR count). The molecule has 1 heterocycles. The fourth-order valence-electron chi connectivity index (χ4n) is 5.20. The molecule has 1 saturated carbocycles. The number of rotatable bonds is 11. The van der Waals surface area contributed by atoms with Gasteiger partial charge in [-0.05, 0) is 42.9 Å². The van der Waals surface area contributed by atoms with E-state index in [-0.39, 0.29) is 36.6 Å². The molecule has 10 nitrogen and oxygen atoms in total. The number of nitrogens with one attached hydrogen (secondary N) is 2. The van der Waals surface area contributed by atoms with E-state index in [1.54, 1.807) is 30.1 Å². The van der Waals surface area contributed by atoms with E-state index in [1.165, 1.54) is 0 Å². The maximum Gasteiger partial charge on any atom is 0.407 e. The third-order valence-corrected chi connectivity index (χ3v) is 7.55. The van der Waals surface area contributed by atoms with E-state index >= 15 is 0 Å². The fraction of sp³-hybridized carbons (Fsp3) is 0.333. The molecule has 0 saturated heterocycles. The molecule has 1 fully saturated rings. The Morgan fingerprint density at radius 2 is 1.56 bits per heavy atom. The number of carbonyl (C=O) groups is 2. The van der Waals surface area contributed by atoms with Crippen LogP contribution in [0.15, 0.2) is 83.9 Å². The van der Waals surface area contributed by atoms with Crippen molar-refractivity contribution in [2.45, 2.75) is 44.9 Å². The van der Waals surface area contributed by atoms with Crippen LogP contribution in [0, 0.1) is 5.92 Å². The highest BCUT2D eigenvalue weighted by atomic mass is 16.5. The summed E-state index contributed by atoms with van der Waals surface area (Å²) in [6.07, 6.45) is 3.64. The number of carbonyl (C=O) groups excluding carboxylic acids is 2. The van der Waals surface area contributed by atoms with Crippen LogP contribution in [0.25, 0.3) is 10.9 Å². The molecular formula is C33H36N4O6. The minimum atomic E-state index is -0.522. The molecule has 0 spiro atoms. The zero-order valence-corrected chi connectivity index (χ0v) is 24.2. The number of nitrogens with zero attached hydrogens (tertiary/aromatic N) is 2. The monoisotopic (exact) mass is 584 g/mol. The van der Waals surface area contributed by atoms with Crippen molar-refractivity contribution >= 4 is 22.9 Å². The summed E-state index contributed by atoms with van der Waals surface area (Å²) in [5.74, 6) is 0.836. The van der Waals surface area contributed by atoms with Crippen molar-refractivity contribution in [3.8, 4) is 11.5 Å². The van der Waals surface area contributed by atoms with Gasteiger partial charge in [0, 0.05) is 25.1 Å². The molecule has 0 aliphatic heterocycles. The van der Waals surface area contributed by atoms with Crippen molar-refractivity contribution < 1.29 is 23.8 Å². The van der Waals surface area contributed by atoms with Gasteiger partial charge in [-0.1, -0.05) is 60.7 Å². The largest absolute Gasteiger partial charge is 0.493 e. The summed E-state index contributed by atoms with van der Waals surface area (Å²) in [7, 11) is 1.56. The van der Waals surface area contributed by atoms with Gasteiger partial charge in [0.1, 0.15) is 6.61 Å². The molecular weight excluding hydrogens is 548 g/mol. The van der Waals surface area contributed by atoms with Crippen molar-refractivity contribution in [2.75, 3.05) is 20.2 Å². The minimum Gasteiger partial charge on any atom is -0.493 e. The number of benzene rings is 3. The average molecular weight is 585 g/mol. The highest BCUT2D eigenvalue weighted by Crippen LogP contribution is 2.34. The van der Waals surface area contributed by atoms with E-state index in [4.69, 9.17) is 14.2 Å². The molecule has 2 amide bonds. The molecule has 2 N–H and O–H groups in total. The van der Waals surface area contributed by atoms with E-state index in [1.807, 2.05) is 60.7 Å². The van der Waals surface area contributed by atoms with Gasteiger partial charge in [-0.2, -0.15) is 0 Å². The van der Waals surface area contributed by atoms with E-state index < -0.39 is 6.09 Å². The Morgan fingerprint density at radius 3 is 2.26 bits per heavy atom. The Balaban J connectivity index is 1.10. The smallest absolute Gasteiger partial charge is 0.407 e. The second kappa shape index (κ2) is 14.4. The van der Waals surface area contributed by atoms with Crippen molar-refractivity contribution in [1.82, 2.24) is 20.2 Å². The van der Waals surface area contributed by atoms with Crippen LogP contribution >= 0.6 is 0 Å². The van der Waals surface area contributed by atoms with Crippen LogP contribution in [0.5, 0.6) is 11.5 Å². The lowest BCUT2D eigenvalue weighted by Crippen LogP contribution is -2.39. The van der Waals surface area contributed by atoms with E-state index in [0.29, 0.717) is 61.2 Å². The quantitative estimate of drug-likeness (QED) is 0.250. The summed E-state index contributed by atoms with van der Waals surface area (Å²) in [6.45, 7) is 1.21. The molecule has 4 aromatic rings. The van der Waals surface area contributed by atoms with Gasteiger partial charge in [-0.15, -0.1) is 0 Å². The Bertz CT molecular complexity index is 1580. The summed E-state index contributed by atoms with van der Waals surface area (Å²) in [4.78, 5) is 42.4. The number of amides is 2. The van der Waals surface area contributed by atoms with Crippen LogP contribution in [-0.4, -0.2) is 47.9 Å². The third kappa shape index (κ3) is 7.91. The predicted molar refractivity (Wildman–Crippen MR) is 162 cm³/mol. The molecule has 0 atom stereocenters. The first-order chi connectivity index (χ1) is 21.0.